The number of rotatable bonds is 2. The average Bonchev–Trinajstić information content (AvgIpc) is 2.94. The molecule has 5 nitrogen and oxygen atoms in total. The van der Waals surface area contributed by atoms with Gasteiger partial charge in [0.1, 0.15) is 0 Å². The molecule has 1 unspecified atom stereocenters. The Kier molecular flexibility index (Phi) is 4.02. The van der Waals surface area contributed by atoms with E-state index in [4.69, 9.17) is 0 Å². The van der Waals surface area contributed by atoms with Gasteiger partial charge in [0.2, 0.25) is 0 Å². The van der Waals surface area contributed by atoms with Crippen molar-refractivity contribution in [2.75, 3.05) is 13.1 Å². The maximum absolute atomic E-state index is 12.4. The van der Waals surface area contributed by atoms with Crippen molar-refractivity contribution in [2.24, 2.45) is 12.5 Å². The van der Waals surface area contributed by atoms with Gasteiger partial charge in [-0.15, -0.1) is 0 Å². The Labute approximate surface area is 125 Å². The minimum atomic E-state index is -1.07. The number of carbonyl (C=O) groups is 1. The van der Waals surface area contributed by atoms with Gasteiger partial charge in [-0.2, -0.15) is 5.10 Å². The van der Waals surface area contributed by atoms with Gasteiger partial charge in [0, 0.05) is 31.9 Å². The quantitative estimate of drug-likeness (QED) is 0.907. The number of amides is 1. The summed E-state index contributed by atoms with van der Waals surface area (Å²) in [5.74, 6) is -0.173. The molecule has 0 bridgehead atoms. The maximum Gasteiger partial charge on any atom is 0.256 e. The van der Waals surface area contributed by atoms with E-state index in [0.29, 0.717) is 11.0 Å². The molecule has 116 valence electrons. The summed E-state index contributed by atoms with van der Waals surface area (Å²) in [6.07, 6.45) is 11.1. The maximum atomic E-state index is 12.4. The van der Waals surface area contributed by atoms with Crippen LogP contribution in [0, 0.1) is 5.41 Å². The number of aliphatic hydroxyl groups is 1. The molecule has 21 heavy (non-hydrogen) atoms. The first kappa shape index (κ1) is 14.6. The molecule has 2 heterocycles. The number of aromatic nitrogens is 2. The lowest BCUT2D eigenvalue weighted by Gasteiger charge is -2.44. The van der Waals surface area contributed by atoms with Crippen LogP contribution in [0.15, 0.2) is 12.4 Å². The molecular formula is C16H25N3O2. The van der Waals surface area contributed by atoms with Gasteiger partial charge in [-0.3, -0.25) is 9.48 Å². The summed E-state index contributed by atoms with van der Waals surface area (Å²) in [7, 11) is 1.79. The van der Waals surface area contributed by atoms with E-state index < -0.39 is 6.10 Å². The first-order chi connectivity index (χ1) is 10.1. The van der Waals surface area contributed by atoms with Gasteiger partial charge in [0.15, 0.2) is 6.10 Å². The molecule has 1 atom stereocenters. The van der Waals surface area contributed by atoms with Crippen LogP contribution >= 0.6 is 0 Å². The standard InChI is InChI=1S/C16H25N3O2/c1-18-12-13(11-17-18)14(20)15(21)19-9-7-16(8-10-19)5-3-2-4-6-16/h11-12,14,20H,2-10H2,1H3. The number of nitrogens with zero attached hydrogens (tertiary/aromatic N) is 3. The first-order valence-corrected chi connectivity index (χ1v) is 8.05. The van der Waals surface area contributed by atoms with E-state index in [1.54, 1.807) is 24.1 Å². The van der Waals surface area contributed by atoms with E-state index in [-0.39, 0.29) is 5.91 Å². The minimum Gasteiger partial charge on any atom is -0.378 e. The summed E-state index contributed by atoms with van der Waals surface area (Å²) in [4.78, 5) is 14.2. The predicted molar refractivity (Wildman–Crippen MR) is 79.5 cm³/mol. The van der Waals surface area contributed by atoms with Crippen molar-refractivity contribution >= 4 is 5.91 Å². The van der Waals surface area contributed by atoms with Crippen LogP contribution in [-0.2, 0) is 11.8 Å². The van der Waals surface area contributed by atoms with Crippen molar-refractivity contribution in [1.29, 1.82) is 0 Å². The molecule has 1 aliphatic carbocycles. The van der Waals surface area contributed by atoms with Crippen molar-refractivity contribution in [3.8, 4) is 0 Å². The van der Waals surface area contributed by atoms with Gasteiger partial charge in [-0.25, -0.2) is 0 Å². The molecule has 1 amide bonds. The highest BCUT2D eigenvalue weighted by Gasteiger charge is 2.37. The summed E-state index contributed by atoms with van der Waals surface area (Å²) in [6.45, 7) is 1.58. The highest BCUT2D eigenvalue weighted by molar-refractivity contribution is 5.82. The fraction of sp³-hybridized carbons (Fsp3) is 0.750. The topological polar surface area (TPSA) is 58.4 Å². The molecule has 1 saturated heterocycles. The lowest BCUT2D eigenvalue weighted by atomic mass is 9.68. The molecule has 1 N–H and O–H groups in total. The molecule has 1 aromatic rings. The highest BCUT2D eigenvalue weighted by atomic mass is 16.3. The van der Waals surface area contributed by atoms with Crippen LogP contribution < -0.4 is 0 Å². The van der Waals surface area contributed by atoms with Crippen LogP contribution in [0.25, 0.3) is 0 Å². The van der Waals surface area contributed by atoms with Crippen molar-refractivity contribution in [3.63, 3.8) is 0 Å². The molecule has 0 radical (unpaired) electrons. The number of aryl methyl sites for hydroxylation is 1. The van der Waals surface area contributed by atoms with E-state index >= 15 is 0 Å². The van der Waals surface area contributed by atoms with E-state index in [1.165, 1.54) is 32.1 Å². The molecule has 2 fully saturated rings. The Morgan fingerprint density at radius 3 is 2.48 bits per heavy atom. The van der Waals surface area contributed by atoms with E-state index in [9.17, 15) is 9.90 Å². The minimum absolute atomic E-state index is 0.173. The lowest BCUT2D eigenvalue weighted by Crippen LogP contribution is -2.45. The largest absolute Gasteiger partial charge is 0.378 e. The third-order valence-corrected chi connectivity index (χ3v) is 5.32. The Bertz CT molecular complexity index is 495. The fourth-order valence-electron chi connectivity index (χ4n) is 3.90. The second kappa shape index (κ2) is 5.79. The van der Waals surface area contributed by atoms with Crippen LogP contribution in [0.1, 0.15) is 56.6 Å². The number of aliphatic hydroxyl groups excluding tert-OH is 1. The van der Waals surface area contributed by atoms with Crippen molar-refractivity contribution in [3.05, 3.63) is 18.0 Å². The number of hydrogen-bond donors (Lipinski definition) is 1. The number of likely N-dealkylation sites (tertiary alicyclic amines) is 1. The summed E-state index contributed by atoms with van der Waals surface area (Å²) in [6, 6.07) is 0. The molecule has 2 aliphatic rings. The summed E-state index contributed by atoms with van der Waals surface area (Å²) < 4.78 is 1.61. The number of carbonyl (C=O) groups excluding carboxylic acids is 1. The summed E-state index contributed by atoms with van der Waals surface area (Å²) >= 11 is 0. The van der Waals surface area contributed by atoms with Crippen molar-refractivity contribution < 1.29 is 9.90 Å². The number of piperidine rings is 1. The van der Waals surface area contributed by atoms with Crippen molar-refractivity contribution in [2.45, 2.75) is 51.0 Å². The van der Waals surface area contributed by atoms with Gasteiger partial charge >= 0.3 is 0 Å². The molecular weight excluding hydrogens is 266 g/mol. The second-order valence-electron chi connectivity index (χ2n) is 6.74. The molecule has 0 aromatic carbocycles. The second-order valence-corrected chi connectivity index (χ2v) is 6.74. The Balaban J connectivity index is 1.59. The summed E-state index contributed by atoms with van der Waals surface area (Å²) in [5, 5.41) is 14.2. The molecule has 1 aromatic heterocycles. The molecule has 1 spiro atoms. The Morgan fingerprint density at radius 2 is 1.90 bits per heavy atom. The van der Waals surface area contributed by atoms with Crippen LogP contribution in [0.5, 0.6) is 0 Å². The predicted octanol–water partition coefficient (Wildman–Crippen LogP) is 2.03. The zero-order valence-corrected chi connectivity index (χ0v) is 12.8. The zero-order valence-electron chi connectivity index (χ0n) is 12.8. The third kappa shape index (κ3) is 2.98. The monoisotopic (exact) mass is 291 g/mol. The van der Waals surface area contributed by atoms with E-state index in [0.717, 1.165) is 25.9 Å². The third-order valence-electron chi connectivity index (χ3n) is 5.32. The molecule has 1 saturated carbocycles. The van der Waals surface area contributed by atoms with Crippen LogP contribution in [-0.4, -0.2) is 38.8 Å². The van der Waals surface area contributed by atoms with Crippen LogP contribution in [0.4, 0.5) is 0 Å². The van der Waals surface area contributed by atoms with Gasteiger partial charge in [0.05, 0.1) is 6.20 Å². The van der Waals surface area contributed by atoms with E-state index in [2.05, 4.69) is 5.10 Å². The van der Waals surface area contributed by atoms with Gasteiger partial charge in [-0.05, 0) is 31.1 Å². The van der Waals surface area contributed by atoms with Crippen molar-refractivity contribution in [1.82, 2.24) is 14.7 Å². The molecule has 1 aliphatic heterocycles. The van der Waals surface area contributed by atoms with Gasteiger partial charge in [0.25, 0.3) is 5.91 Å². The molecule has 5 heteroatoms. The smallest absolute Gasteiger partial charge is 0.256 e. The normalized spacial score (nSPS) is 23.2. The average molecular weight is 291 g/mol. The lowest BCUT2D eigenvalue weighted by molar-refractivity contribution is -0.143. The Hall–Kier alpha value is -1.36. The van der Waals surface area contributed by atoms with Crippen LogP contribution in [0.3, 0.4) is 0 Å². The fourth-order valence-corrected chi connectivity index (χ4v) is 3.90. The summed E-state index contributed by atoms with van der Waals surface area (Å²) in [5.41, 5.74) is 1.06. The zero-order chi connectivity index (χ0) is 14.9. The van der Waals surface area contributed by atoms with E-state index in [1.807, 2.05) is 4.90 Å². The van der Waals surface area contributed by atoms with Gasteiger partial charge in [-0.1, -0.05) is 19.3 Å². The first-order valence-electron chi connectivity index (χ1n) is 8.05. The highest BCUT2D eigenvalue weighted by Crippen LogP contribution is 2.44. The Morgan fingerprint density at radius 1 is 1.24 bits per heavy atom. The van der Waals surface area contributed by atoms with Crippen LogP contribution in [0.2, 0.25) is 0 Å². The van der Waals surface area contributed by atoms with Gasteiger partial charge < -0.3 is 10.0 Å². The molecule has 3 rings (SSSR count). The number of hydrogen-bond acceptors (Lipinski definition) is 3. The SMILES string of the molecule is Cn1cc(C(O)C(=O)N2CCC3(CCCCC3)CC2)cn1.